The zero-order valence-corrected chi connectivity index (χ0v) is 15.1. The topological polar surface area (TPSA) is 64.6 Å². The molecular weight excluding hydrogens is 278 g/mol. The number of aliphatic hydroxyl groups excluding tert-OH is 1. The molecule has 3 atom stereocenters. The first-order valence-corrected chi connectivity index (χ1v) is 8.52. The fourth-order valence-electron chi connectivity index (χ4n) is 3.32. The lowest BCUT2D eigenvalue weighted by atomic mass is 9.81. The number of urea groups is 1. The van der Waals surface area contributed by atoms with Crippen molar-refractivity contribution in [1.82, 2.24) is 15.5 Å². The summed E-state index contributed by atoms with van der Waals surface area (Å²) in [6.07, 6.45) is 4.00. The summed E-state index contributed by atoms with van der Waals surface area (Å²) < 4.78 is 0. The van der Waals surface area contributed by atoms with Gasteiger partial charge >= 0.3 is 6.03 Å². The van der Waals surface area contributed by atoms with Crippen LogP contribution < -0.4 is 10.6 Å². The molecule has 3 unspecified atom stereocenters. The summed E-state index contributed by atoms with van der Waals surface area (Å²) in [6, 6.07) is 0.686. The third-order valence-electron chi connectivity index (χ3n) is 4.85. The Bertz CT molecular complexity index is 356. The molecule has 1 saturated carbocycles. The van der Waals surface area contributed by atoms with E-state index in [1.807, 2.05) is 27.7 Å². The number of carbonyl (C=O) groups is 1. The van der Waals surface area contributed by atoms with Crippen molar-refractivity contribution in [3.63, 3.8) is 0 Å². The minimum atomic E-state index is -0.430. The van der Waals surface area contributed by atoms with Crippen LogP contribution in [0.15, 0.2) is 0 Å². The Labute approximate surface area is 135 Å². The molecule has 1 aliphatic carbocycles. The summed E-state index contributed by atoms with van der Waals surface area (Å²) in [5.41, 5.74) is -0.329. The second kappa shape index (κ2) is 8.16. The van der Waals surface area contributed by atoms with Crippen LogP contribution in [0.2, 0.25) is 0 Å². The number of carbonyl (C=O) groups excluding carboxylic acids is 1. The summed E-state index contributed by atoms with van der Waals surface area (Å²) in [6.45, 7) is 8.44. The molecule has 1 fully saturated rings. The number of rotatable bonds is 6. The van der Waals surface area contributed by atoms with Gasteiger partial charge in [-0.3, -0.25) is 0 Å². The van der Waals surface area contributed by atoms with Gasteiger partial charge in [-0.15, -0.1) is 0 Å². The Morgan fingerprint density at radius 1 is 1.32 bits per heavy atom. The number of aliphatic hydroxyl groups is 1. The van der Waals surface area contributed by atoms with E-state index in [0.717, 1.165) is 19.3 Å². The molecule has 0 aromatic carbocycles. The van der Waals surface area contributed by atoms with E-state index in [-0.39, 0.29) is 23.4 Å². The molecule has 0 aromatic rings. The maximum Gasteiger partial charge on any atom is 0.315 e. The van der Waals surface area contributed by atoms with Crippen LogP contribution in [0.25, 0.3) is 0 Å². The molecule has 0 spiro atoms. The highest BCUT2D eigenvalue weighted by molar-refractivity contribution is 5.74. The van der Waals surface area contributed by atoms with Crippen LogP contribution in [0.3, 0.4) is 0 Å². The Morgan fingerprint density at radius 3 is 2.50 bits per heavy atom. The molecular formula is C17H35N3O2. The van der Waals surface area contributed by atoms with Crippen LogP contribution in [0.5, 0.6) is 0 Å². The van der Waals surface area contributed by atoms with Gasteiger partial charge in [0.2, 0.25) is 0 Å². The van der Waals surface area contributed by atoms with Crippen molar-refractivity contribution in [2.24, 2.45) is 11.3 Å². The van der Waals surface area contributed by atoms with Gasteiger partial charge in [-0.05, 0) is 45.7 Å². The van der Waals surface area contributed by atoms with Gasteiger partial charge in [-0.25, -0.2) is 4.79 Å². The van der Waals surface area contributed by atoms with Crippen LogP contribution >= 0.6 is 0 Å². The van der Waals surface area contributed by atoms with Crippen LogP contribution in [0.1, 0.15) is 53.4 Å². The molecule has 1 rings (SSSR count). The lowest BCUT2D eigenvalue weighted by Crippen LogP contribution is -2.50. The zero-order chi connectivity index (χ0) is 16.9. The molecule has 5 heteroatoms. The maximum atomic E-state index is 12.1. The van der Waals surface area contributed by atoms with Crippen molar-refractivity contribution in [3.05, 3.63) is 0 Å². The molecule has 0 radical (unpaired) electrons. The Hall–Kier alpha value is -0.810. The zero-order valence-electron chi connectivity index (χ0n) is 15.1. The quantitative estimate of drug-likeness (QED) is 0.704. The minimum absolute atomic E-state index is 0.117. The van der Waals surface area contributed by atoms with Gasteiger partial charge in [-0.1, -0.05) is 27.7 Å². The van der Waals surface area contributed by atoms with Crippen LogP contribution in [0, 0.1) is 11.3 Å². The molecule has 0 heterocycles. The van der Waals surface area contributed by atoms with E-state index < -0.39 is 6.10 Å². The van der Waals surface area contributed by atoms with E-state index in [4.69, 9.17) is 0 Å². The van der Waals surface area contributed by atoms with Gasteiger partial charge < -0.3 is 20.6 Å². The average Bonchev–Trinajstić information content (AvgIpc) is 2.44. The summed E-state index contributed by atoms with van der Waals surface area (Å²) in [5, 5.41) is 16.2. The van der Waals surface area contributed by atoms with Gasteiger partial charge in [0, 0.05) is 24.0 Å². The van der Waals surface area contributed by atoms with Crippen LogP contribution in [-0.2, 0) is 0 Å². The maximum absolute atomic E-state index is 12.1. The first-order valence-electron chi connectivity index (χ1n) is 8.52. The Kier molecular flexibility index (Phi) is 7.13. The van der Waals surface area contributed by atoms with Gasteiger partial charge in [0.15, 0.2) is 0 Å². The standard InChI is InChI=1S/C17H35N3O2/c1-12(2)15(21)17(3,4)11-18-16(22)19-13-8-7-9-14(10-13)20(5)6/h12-15,21H,7-11H2,1-6H3,(H2,18,19,22). The first-order chi connectivity index (χ1) is 10.1. The highest BCUT2D eigenvalue weighted by Crippen LogP contribution is 2.25. The van der Waals surface area contributed by atoms with Crippen molar-refractivity contribution >= 4 is 6.03 Å². The number of hydrogen-bond donors (Lipinski definition) is 3. The predicted octanol–water partition coefficient (Wildman–Crippen LogP) is 2.20. The summed E-state index contributed by atoms with van der Waals surface area (Å²) >= 11 is 0. The molecule has 3 N–H and O–H groups in total. The lowest BCUT2D eigenvalue weighted by Gasteiger charge is -2.35. The van der Waals surface area contributed by atoms with Gasteiger partial charge in [0.05, 0.1) is 6.10 Å². The largest absolute Gasteiger partial charge is 0.392 e. The van der Waals surface area contributed by atoms with E-state index in [9.17, 15) is 9.90 Å². The second-order valence-electron chi connectivity index (χ2n) is 7.99. The SMILES string of the molecule is CC(C)C(O)C(C)(C)CNC(=O)NC1CCCC(N(C)C)C1. The fourth-order valence-corrected chi connectivity index (χ4v) is 3.32. The van der Waals surface area contributed by atoms with E-state index in [0.29, 0.717) is 12.6 Å². The van der Waals surface area contributed by atoms with E-state index in [2.05, 4.69) is 29.6 Å². The average molecular weight is 313 g/mol. The number of nitrogens with zero attached hydrogens (tertiary/aromatic N) is 1. The van der Waals surface area contributed by atoms with Crippen molar-refractivity contribution in [3.8, 4) is 0 Å². The van der Waals surface area contributed by atoms with E-state index in [1.165, 1.54) is 6.42 Å². The second-order valence-corrected chi connectivity index (χ2v) is 7.99. The molecule has 0 saturated heterocycles. The minimum Gasteiger partial charge on any atom is -0.392 e. The smallest absolute Gasteiger partial charge is 0.315 e. The molecule has 22 heavy (non-hydrogen) atoms. The molecule has 0 aliphatic heterocycles. The molecule has 0 aromatic heterocycles. The third kappa shape index (κ3) is 5.76. The molecule has 130 valence electrons. The third-order valence-corrected chi connectivity index (χ3v) is 4.85. The summed E-state index contributed by atoms with van der Waals surface area (Å²) in [7, 11) is 4.20. The number of nitrogens with one attached hydrogen (secondary N) is 2. The summed E-state index contributed by atoms with van der Waals surface area (Å²) in [4.78, 5) is 14.4. The van der Waals surface area contributed by atoms with Gasteiger partial charge in [0.1, 0.15) is 0 Å². The van der Waals surface area contributed by atoms with Crippen molar-refractivity contribution in [2.45, 2.75) is 71.6 Å². The highest BCUT2D eigenvalue weighted by Gasteiger charge is 2.31. The van der Waals surface area contributed by atoms with Crippen LogP contribution in [-0.4, -0.2) is 54.9 Å². The molecule has 0 bridgehead atoms. The van der Waals surface area contributed by atoms with E-state index in [1.54, 1.807) is 0 Å². The fraction of sp³-hybridized carbons (Fsp3) is 0.941. The molecule has 1 aliphatic rings. The number of amides is 2. The summed E-state index contributed by atoms with van der Waals surface area (Å²) in [5.74, 6) is 0.180. The number of hydrogen-bond acceptors (Lipinski definition) is 3. The lowest BCUT2D eigenvalue weighted by molar-refractivity contribution is 0.0151. The normalized spacial score (nSPS) is 24.4. The predicted molar refractivity (Wildman–Crippen MR) is 90.9 cm³/mol. The van der Waals surface area contributed by atoms with Crippen molar-refractivity contribution in [1.29, 1.82) is 0 Å². The monoisotopic (exact) mass is 313 g/mol. The van der Waals surface area contributed by atoms with E-state index >= 15 is 0 Å². The van der Waals surface area contributed by atoms with Gasteiger partial charge in [-0.2, -0.15) is 0 Å². The van der Waals surface area contributed by atoms with Crippen molar-refractivity contribution < 1.29 is 9.90 Å². The first kappa shape index (κ1) is 19.2. The Balaban J connectivity index is 2.40. The molecule has 2 amide bonds. The highest BCUT2D eigenvalue weighted by atomic mass is 16.3. The molecule has 5 nitrogen and oxygen atoms in total. The van der Waals surface area contributed by atoms with Crippen molar-refractivity contribution in [2.75, 3.05) is 20.6 Å². The van der Waals surface area contributed by atoms with Gasteiger partial charge in [0.25, 0.3) is 0 Å². The Morgan fingerprint density at radius 2 is 1.95 bits per heavy atom. The van der Waals surface area contributed by atoms with Crippen LogP contribution in [0.4, 0.5) is 4.79 Å².